The van der Waals surface area contributed by atoms with Crippen LogP contribution in [0.2, 0.25) is 0 Å². The lowest BCUT2D eigenvalue weighted by Crippen LogP contribution is -2.47. The van der Waals surface area contributed by atoms with Crippen molar-refractivity contribution in [2.24, 2.45) is 0 Å². The standard InChI is InChI=1S/C14H22N4OS2/c1-8-9(2)20-7-6-18(8)13(19)11-12(15)17-14(21-11)16-10-4-3-5-10/h8-10H,3-7,15H2,1-2H3,(H,16,17). The number of aromatic nitrogens is 1. The molecule has 0 bridgehead atoms. The third kappa shape index (κ3) is 2.99. The summed E-state index contributed by atoms with van der Waals surface area (Å²) < 4.78 is 0. The van der Waals surface area contributed by atoms with Gasteiger partial charge in [0.15, 0.2) is 5.13 Å². The first-order valence-corrected chi connectivity index (χ1v) is 9.38. The first-order valence-electron chi connectivity index (χ1n) is 7.51. The van der Waals surface area contributed by atoms with Crippen molar-refractivity contribution in [3.8, 4) is 0 Å². The summed E-state index contributed by atoms with van der Waals surface area (Å²) in [6.07, 6.45) is 3.63. The van der Waals surface area contributed by atoms with E-state index in [1.165, 1.54) is 30.6 Å². The fourth-order valence-corrected chi connectivity index (χ4v) is 4.64. The van der Waals surface area contributed by atoms with E-state index in [0.29, 0.717) is 22.0 Å². The Morgan fingerprint density at radius 3 is 2.86 bits per heavy atom. The van der Waals surface area contributed by atoms with Crippen LogP contribution in [0.3, 0.4) is 0 Å². The predicted octanol–water partition coefficient (Wildman–Crippen LogP) is 2.66. The van der Waals surface area contributed by atoms with Crippen LogP contribution in [0.4, 0.5) is 10.9 Å². The zero-order chi connectivity index (χ0) is 15.0. The molecule has 1 aliphatic heterocycles. The van der Waals surface area contributed by atoms with Gasteiger partial charge < -0.3 is 16.0 Å². The Morgan fingerprint density at radius 1 is 1.43 bits per heavy atom. The Balaban J connectivity index is 1.74. The topological polar surface area (TPSA) is 71.2 Å². The maximum Gasteiger partial charge on any atom is 0.268 e. The van der Waals surface area contributed by atoms with E-state index in [4.69, 9.17) is 5.73 Å². The van der Waals surface area contributed by atoms with Crippen LogP contribution in [-0.2, 0) is 0 Å². The summed E-state index contributed by atoms with van der Waals surface area (Å²) in [5.74, 6) is 1.39. The van der Waals surface area contributed by atoms with E-state index in [2.05, 4.69) is 24.1 Å². The van der Waals surface area contributed by atoms with E-state index in [1.807, 2.05) is 16.7 Å². The zero-order valence-corrected chi connectivity index (χ0v) is 14.1. The van der Waals surface area contributed by atoms with Gasteiger partial charge in [0.2, 0.25) is 0 Å². The summed E-state index contributed by atoms with van der Waals surface area (Å²) in [6, 6.07) is 0.740. The molecule has 0 aromatic carbocycles. The maximum atomic E-state index is 12.7. The van der Waals surface area contributed by atoms with Crippen molar-refractivity contribution in [1.82, 2.24) is 9.88 Å². The Hall–Kier alpha value is -0.950. The molecule has 21 heavy (non-hydrogen) atoms. The van der Waals surface area contributed by atoms with Crippen LogP contribution in [0.25, 0.3) is 0 Å². The minimum Gasteiger partial charge on any atom is -0.382 e. The number of thiazole rings is 1. The number of thioether (sulfide) groups is 1. The molecule has 2 aliphatic rings. The number of carbonyl (C=O) groups excluding carboxylic acids is 1. The van der Waals surface area contributed by atoms with Crippen LogP contribution in [0, 0.1) is 0 Å². The molecule has 116 valence electrons. The molecular weight excluding hydrogens is 304 g/mol. The normalized spacial score (nSPS) is 26.5. The van der Waals surface area contributed by atoms with Crippen LogP contribution in [0.15, 0.2) is 0 Å². The van der Waals surface area contributed by atoms with E-state index >= 15 is 0 Å². The van der Waals surface area contributed by atoms with Gasteiger partial charge in [-0.3, -0.25) is 4.79 Å². The largest absolute Gasteiger partial charge is 0.382 e. The van der Waals surface area contributed by atoms with E-state index in [0.717, 1.165) is 17.4 Å². The molecule has 1 aromatic heterocycles. The Kier molecular flexibility index (Phi) is 4.31. The quantitative estimate of drug-likeness (QED) is 0.893. The Labute approximate surface area is 133 Å². The SMILES string of the molecule is CC1SCCN(C(=O)c2sc(NC3CCC3)nc2N)C1C. The molecule has 2 heterocycles. The summed E-state index contributed by atoms with van der Waals surface area (Å²) in [5, 5.41) is 4.62. The number of amides is 1. The minimum absolute atomic E-state index is 0.0336. The van der Waals surface area contributed by atoms with Gasteiger partial charge in [-0.15, -0.1) is 0 Å². The van der Waals surface area contributed by atoms with Crippen LogP contribution < -0.4 is 11.1 Å². The van der Waals surface area contributed by atoms with Crippen LogP contribution >= 0.6 is 23.1 Å². The lowest BCUT2D eigenvalue weighted by Gasteiger charge is -2.37. The summed E-state index contributed by atoms with van der Waals surface area (Å²) in [7, 11) is 0. The van der Waals surface area contributed by atoms with Crippen molar-refractivity contribution in [3.63, 3.8) is 0 Å². The third-order valence-electron chi connectivity index (χ3n) is 4.43. The number of nitrogens with two attached hydrogens (primary N) is 1. The highest BCUT2D eigenvalue weighted by molar-refractivity contribution is 8.00. The predicted molar refractivity (Wildman–Crippen MR) is 90.2 cm³/mol. The summed E-state index contributed by atoms with van der Waals surface area (Å²) >= 11 is 3.32. The molecule has 0 spiro atoms. The monoisotopic (exact) mass is 326 g/mol. The molecule has 1 saturated heterocycles. The highest BCUT2D eigenvalue weighted by Gasteiger charge is 2.32. The second-order valence-corrected chi connectivity index (χ2v) is 8.30. The molecule has 2 unspecified atom stereocenters. The molecule has 7 heteroatoms. The van der Waals surface area contributed by atoms with Crippen LogP contribution in [-0.4, -0.2) is 45.4 Å². The van der Waals surface area contributed by atoms with Crippen molar-refractivity contribution in [2.45, 2.75) is 50.4 Å². The molecule has 1 amide bonds. The molecule has 1 aromatic rings. The van der Waals surface area contributed by atoms with Gasteiger partial charge in [0.05, 0.1) is 0 Å². The van der Waals surface area contributed by atoms with Gasteiger partial charge in [-0.1, -0.05) is 18.3 Å². The summed E-state index contributed by atoms with van der Waals surface area (Å²) in [6.45, 7) is 5.07. The molecular formula is C14H22N4OS2. The van der Waals surface area contributed by atoms with E-state index in [-0.39, 0.29) is 11.9 Å². The minimum atomic E-state index is 0.0336. The summed E-state index contributed by atoms with van der Waals surface area (Å²) in [5.41, 5.74) is 5.97. The molecule has 0 radical (unpaired) electrons. The van der Waals surface area contributed by atoms with Gasteiger partial charge in [0.1, 0.15) is 10.7 Å². The molecule has 1 aliphatic carbocycles. The molecule has 3 N–H and O–H groups in total. The summed E-state index contributed by atoms with van der Waals surface area (Å²) in [4.78, 5) is 19.6. The highest BCUT2D eigenvalue weighted by atomic mass is 32.2. The average molecular weight is 326 g/mol. The molecule has 2 atom stereocenters. The number of nitrogen functional groups attached to an aromatic ring is 1. The highest BCUT2D eigenvalue weighted by Crippen LogP contribution is 2.32. The van der Waals surface area contributed by atoms with Gasteiger partial charge in [-0.2, -0.15) is 11.8 Å². The van der Waals surface area contributed by atoms with Crippen molar-refractivity contribution < 1.29 is 4.79 Å². The second kappa shape index (κ2) is 6.04. The van der Waals surface area contributed by atoms with Crippen molar-refractivity contribution in [1.29, 1.82) is 0 Å². The van der Waals surface area contributed by atoms with Crippen molar-refractivity contribution >= 4 is 40.0 Å². The molecule has 5 nitrogen and oxygen atoms in total. The molecule has 1 saturated carbocycles. The lowest BCUT2D eigenvalue weighted by atomic mass is 9.93. The van der Waals surface area contributed by atoms with Gasteiger partial charge in [0, 0.05) is 29.6 Å². The lowest BCUT2D eigenvalue weighted by molar-refractivity contribution is 0.0704. The Morgan fingerprint density at radius 2 is 2.19 bits per heavy atom. The smallest absolute Gasteiger partial charge is 0.268 e. The fourth-order valence-electron chi connectivity index (χ4n) is 2.62. The number of hydrogen-bond acceptors (Lipinski definition) is 6. The fraction of sp³-hybridized carbons (Fsp3) is 0.714. The number of hydrogen-bond donors (Lipinski definition) is 2. The van der Waals surface area contributed by atoms with E-state index in [9.17, 15) is 4.79 Å². The first-order chi connectivity index (χ1) is 10.1. The molecule has 2 fully saturated rings. The molecule has 3 rings (SSSR count). The van der Waals surface area contributed by atoms with Gasteiger partial charge in [0.25, 0.3) is 5.91 Å². The zero-order valence-electron chi connectivity index (χ0n) is 12.5. The first kappa shape index (κ1) is 15.0. The number of anilines is 2. The number of nitrogens with zero attached hydrogens (tertiary/aromatic N) is 2. The van der Waals surface area contributed by atoms with Gasteiger partial charge in [-0.25, -0.2) is 4.98 Å². The van der Waals surface area contributed by atoms with Crippen LogP contribution in [0.5, 0.6) is 0 Å². The number of rotatable bonds is 3. The van der Waals surface area contributed by atoms with Gasteiger partial charge in [-0.05, 0) is 26.2 Å². The van der Waals surface area contributed by atoms with E-state index < -0.39 is 0 Å². The Bertz CT molecular complexity index is 529. The van der Waals surface area contributed by atoms with E-state index in [1.54, 1.807) is 0 Å². The second-order valence-electron chi connectivity index (χ2n) is 5.82. The number of nitrogens with one attached hydrogen (secondary N) is 1. The van der Waals surface area contributed by atoms with Crippen molar-refractivity contribution in [2.75, 3.05) is 23.3 Å². The third-order valence-corrected chi connectivity index (χ3v) is 6.75. The van der Waals surface area contributed by atoms with Crippen LogP contribution in [0.1, 0.15) is 42.8 Å². The van der Waals surface area contributed by atoms with Gasteiger partial charge >= 0.3 is 0 Å². The average Bonchev–Trinajstić information content (AvgIpc) is 2.78. The van der Waals surface area contributed by atoms with Crippen molar-refractivity contribution in [3.05, 3.63) is 4.88 Å². The number of carbonyl (C=O) groups is 1. The maximum absolute atomic E-state index is 12.7.